The molecule has 1 aliphatic heterocycles. The zero-order valence-electron chi connectivity index (χ0n) is 20.8. The minimum atomic E-state index is -3.94. The molecule has 1 amide bonds. The number of nitrogens with zero attached hydrogens (tertiary/aromatic N) is 1. The molecular weight excluding hydrogens is 585 g/mol. The summed E-state index contributed by atoms with van der Waals surface area (Å²) < 4.78 is 33.2. The number of aliphatic carboxylic acids is 1. The first-order valence-electron chi connectivity index (χ1n) is 12.2. The van der Waals surface area contributed by atoms with Gasteiger partial charge in [-0.25, -0.2) is 8.42 Å². The predicted octanol–water partition coefficient (Wildman–Crippen LogP) is 6.38. The van der Waals surface area contributed by atoms with Crippen LogP contribution in [0, 0.1) is 0 Å². The van der Waals surface area contributed by atoms with Gasteiger partial charge in [-0.15, -0.1) is 0 Å². The van der Waals surface area contributed by atoms with Gasteiger partial charge in [0, 0.05) is 16.1 Å². The first-order valence-corrected chi connectivity index (χ1v) is 15.0. The topological polar surface area (TPSA) is 101 Å². The second kappa shape index (κ2) is 12.3. The number of rotatable bonds is 9. The molecule has 0 aliphatic carbocycles. The number of hydrogen-bond donors (Lipinski definition) is 1. The summed E-state index contributed by atoms with van der Waals surface area (Å²) in [4.78, 5) is 27.0. The van der Waals surface area contributed by atoms with E-state index in [1.54, 1.807) is 67.6 Å². The normalized spacial score (nSPS) is 20.6. The van der Waals surface area contributed by atoms with Crippen LogP contribution in [0.15, 0.2) is 77.7 Å². The molecule has 1 unspecified atom stereocenters. The third kappa shape index (κ3) is 6.58. The number of benzene rings is 3. The van der Waals surface area contributed by atoms with Gasteiger partial charge in [0.25, 0.3) is 5.91 Å². The van der Waals surface area contributed by atoms with E-state index in [0.29, 0.717) is 21.2 Å². The quantitative estimate of drug-likeness (QED) is 0.302. The van der Waals surface area contributed by atoms with Crippen LogP contribution in [0.25, 0.3) is 0 Å². The van der Waals surface area contributed by atoms with Crippen LogP contribution in [0.5, 0.6) is 0 Å². The van der Waals surface area contributed by atoms with Crippen LogP contribution in [0.2, 0.25) is 15.1 Å². The van der Waals surface area contributed by atoms with Gasteiger partial charge in [0.15, 0.2) is 9.84 Å². The molecule has 4 rings (SSSR count). The lowest BCUT2D eigenvalue weighted by Gasteiger charge is -2.48. The van der Waals surface area contributed by atoms with Crippen molar-refractivity contribution in [1.82, 2.24) is 4.90 Å². The number of morpholine rings is 1. The predicted molar refractivity (Wildman–Crippen MR) is 150 cm³/mol. The van der Waals surface area contributed by atoms with Gasteiger partial charge in [0.05, 0.1) is 28.1 Å². The van der Waals surface area contributed by atoms with Crippen LogP contribution < -0.4 is 0 Å². The van der Waals surface area contributed by atoms with Crippen molar-refractivity contribution < 1.29 is 27.9 Å². The maximum atomic E-state index is 13.9. The maximum absolute atomic E-state index is 13.9. The van der Waals surface area contributed by atoms with Crippen molar-refractivity contribution in [3.8, 4) is 0 Å². The number of carboxylic acids is 1. The summed E-state index contributed by atoms with van der Waals surface area (Å²) in [6.45, 7) is 1.77. The summed E-state index contributed by atoms with van der Waals surface area (Å²) in [5.41, 5.74) is 1.25. The Kier molecular flexibility index (Phi) is 9.24. The molecule has 7 nitrogen and oxygen atoms in total. The monoisotopic (exact) mass is 609 g/mol. The molecule has 11 heteroatoms. The highest BCUT2D eigenvalue weighted by Crippen LogP contribution is 2.45. The minimum Gasteiger partial charge on any atom is -0.481 e. The Balaban J connectivity index is 1.87. The van der Waals surface area contributed by atoms with Crippen LogP contribution in [0.1, 0.15) is 43.0 Å². The number of hydrogen-bond acceptors (Lipinski definition) is 5. The molecule has 3 aromatic carbocycles. The van der Waals surface area contributed by atoms with Gasteiger partial charge in [-0.2, -0.15) is 0 Å². The Hall–Kier alpha value is -2.62. The van der Waals surface area contributed by atoms with Crippen molar-refractivity contribution in [1.29, 1.82) is 0 Å². The fraction of sp³-hybridized carbons (Fsp3) is 0.286. The molecule has 0 saturated carbocycles. The molecular formula is C28H26Cl3NO6S. The molecule has 0 radical (unpaired) electrons. The lowest BCUT2D eigenvalue weighted by atomic mass is 9.89. The SMILES string of the molecule is CCC(CS(=O)(=O)c1ccccc1Cl)N1C(=O)[C@H](CC(=O)O)O[C@H](c2cccc(Cl)c2)[C@H]1c1ccc(Cl)cc1. The summed E-state index contributed by atoms with van der Waals surface area (Å²) in [7, 11) is -3.94. The fourth-order valence-electron chi connectivity index (χ4n) is 4.83. The van der Waals surface area contributed by atoms with E-state index in [9.17, 15) is 23.1 Å². The van der Waals surface area contributed by atoms with E-state index < -0.39 is 58.2 Å². The summed E-state index contributed by atoms with van der Waals surface area (Å²) in [6.07, 6.45) is -2.51. The van der Waals surface area contributed by atoms with Crippen molar-refractivity contribution in [3.63, 3.8) is 0 Å². The maximum Gasteiger partial charge on any atom is 0.306 e. The van der Waals surface area contributed by atoms with Gasteiger partial charge in [-0.05, 0) is 53.9 Å². The zero-order valence-corrected chi connectivity index (χ0v) is 23.9. The van der Waals surface area contributed by atoms with Crippen molar-refractivity contribution >= 4 is 56.5 Å². The molecule has 0 bridgehead atoms. The second-order valence-corrected chi connectivity index (χ2v) is 12.5. The molecule has 1 saturated heterocycles. The first kappa shape index (κ1) is 29.4. The lowest BCUT2D eigenvalue weighted by molar-refractivity contribution is -0.182. The Morgan fingerprint density at radius 2 is 1.67 bits per heavy atom. The summed E-state index contributed by atoms with van der Waals surface area (Å²) >= 11 is 18.6. The standard InChI is InChI=1S/C28H26Cl3NO6S/c1-2-21(16-39(36,37)24-9-4-3-8-22(24)31)32-26(17-10-12-19(29)13-11-17)27(18-6-5-7-20(30)14-18)38-23(28(32)35)15-25(33)34/h3-14,21,23,26-27H,2,15-16H2,1H3,(H,33,34)/t21?,23-,26+,27+/m0/s1. The Bertz CT molecular complexity index is 1460. The van der Waals surface area contributed by atoms with Gasteiger partial charge in [-0.3, -0.25) is 9.59 Å². The minimum absolute atomic E-state index is 0.0395. The van der Waals surface area contributed by atoms with Crippen molar-refractivity contribution in [3.05, 3.63) is 99.0 Å². The number of sulfone groups is 1. The summed E-state index contributed by atoms with van der Waals surface area (Å²) in [5.74, 6) is -2.26. The Morgan fingerprint density at radius 1 is 0.974 bits per heavy atom. The van der Waals surface area contributed by atoms with E-state index in [0.717, 1.165) is 0 Å². The first-order chi connectivity index (χ1) is 18.5. The second-order valence-electron chi connectivity index (χ2n) is 9.21. The molecule has 0 aromatic heterocycles. The highest BCUT2D eigenvalue weighted by Gasteiger charge is 2.48. The van der Waals surface area contributed by atoms with Crippen molar-refractivity contribution in [2.45, 2.75) is 49.0 Å². The highest BCUT2D eigenvalue weighted by atomic mass is 35.5. The highest BCUT2D eigenvalue weighted by molar-refractivity contribution is 7.91. The van der Waals surface area contributed by atoms with Crippen LogP contribution >= 0.6 is 34.8 Å². The van der Waals surface area contributed by atoms with Crippen LogP contribution in [0.4, 0.5) is 0 Å². The molecule has 1 aliphatic rings. The number of halogens is 3. The number of carboxylic acid groups (broad SMARTS) is 1. The summed E-state index contributed by atoms with van der Waals surface area (Å²) in [6, 6.07) is 18.2. The Morgan fingerprint density at radius 3 is 2.28 bits per heavy atom. The molecule has 0 spiro atoms. The molecule has 3 aromatic rings. The van der Waals surface area contributed by atoms with Crippen LogP contribution in [-0.4, -0.2) is 48.2 Å². The van der Waals surface area contributed by atoms with Gasteiger partial charge in [0.2, 0.25) is 0 Å². The zero-order chi connectivity index (χ0) is 28.3. The van der Waals surface area contributed by atoms with E-state index in [-0.39, 0.29) is 16.3 Å². The molecule has 39 heavy (non-hydrogen) atoms. The Labute approximate surface area is 242 Å². The van der Waals surface area contributed by atoms with E-state index in [1.807, 2.05) is 0 Å². The molecule has 1 fully saturated rings. The molecule has 1 heterocycles. The molecule has 206 valence electrons. The average molecular weight is 611 g/mol. The molecule has 4 atom stereocenters. The third-order valence-electron chi connectivity index (χ3n) is 6.62. The number of carbonyl (C=O) groups excluding carboxylic acids is 1. The average Bonchev–Trinajstić information content (AvgIpc) is 2.89. The van der Waals surface area contributed by atoms with Gasteiger partial charge in [-0.1, -0.05) is 78.1 Å². The van der Waals surface area contributed by atoms with E-state index in [2.05, 4.69) is 0 Å². The van der Waals surface area contributed by atoms with Gasteiger partial charge in [0.1, 0.15) is 12.2 Å². The summed E-state index contributed by atoms with van der Waals surface area (Å²) in [5, 5.41) is 10.5. The van der Waals surface area contributed by atoms with E-state index >= 15 is 0 Å². The lowest BCUT2D eigenvalue weighted by Crippen LogP contribution is -2.56. The number of amides is 1. The van der Waals surface area contributed by atoms with Crippen molar-refractivity contribution in [2.75, 3.05) is 5.75 Å². The van der Waals surface area contributed by atoms with E-state index in [1.165, 1.54) is 17.0 Å². The van der Waals surface area contributed by atoms with Crippen LogP contribution in [0.3, 0.4) is 0 Å². The van der Waals surface area contributed by atoms with E-state index in [4.69, 9.17) is 39.5 Å². The largest absolute Gasteiger partial charge is 0.481 e. The fourth-order valence-corrected chi connectivity index (χ4v) is 7.38. The molecule has 1 N–H and O–H groups in total. The van der Waals surface area contributed by atoms with Crippen LogP contribution in [-0.2, 0) is 24.2 Å². The van der Waals surface area contributed by atoms with Gasteiger partial charge >= 0.3 is 5.97 Å². The number of carbonyl (C=O) groups is 2. The number of ether oxygens (including phenoxy) is 1. The van der Waals surface area contributed by atoms with Crippen molar-refractivity contribution in [2.24, 2.45) is 0 Å². The smallest absolute Gasteiger partial charge is 0.306 e. The van der Waals surface area contributed by atoms with Gasteiger partial charge < -0.3 is 14.7 Å². The third-order valence-corrected chi connectivity index (χ3v) is 9.40.